The van der Waals surface area contributed by atoms with Gasteiger partial charge >= 0.3 is 0 Å². The van der Waals surface area contributed by atoms with Crippen LogP contribution in [0.4, 0.5) is 0 Å². The molecule has 3 heteroatoms. The Morgan fingerprint density at radius 2 is 2.00 bits per heavy atom. The summed E-state index contributed by atoms with van der Waals surface area (Å²) in [6, 6.07) is 0.208. The summed E-state index contributed by atoms with van der Waals surface area (Å²) in [6.45, 7) is 10.5. The summed E-state index contributed by atoms with van der Waals surface area (Å²) in [4.78, 5) is 11.2. The molecule has 0 aromatic heterocycles. The molecule has 0 rings (SSSR count). The molecule has 0 aliphatic heterocycles. The molecule has 0 unspecified atom stereocenters. The maximum Gasteiger partial charge on any atom is 0.244 e. The molecule has 0 radical (unpaired) electrons. The van der Waals surface area contributed by atoms with E-state index in [9.17, 15) is 4.79 Å². The molecule has 82 valence electrons. The quantitative estimate of drug-likeness (QED) is 0.731. The molecule has 14 heavy (non-hydrogen) atoms. The van der Waals surface area contributed by atoms with E-state index in [2.05, 4.69) is 26.1 Å². The summed E-state index contributed by atoms with van der Waals surface area (Å²) >= 11 is 1.67. The average Bonchev–Trinajstić information content (AvgIpc) is 1.95. The summed E-state index contributed by atoms with van der Waals surface area (Å²) in [5.41, 5.74) is 0.309. The third-order valence-electron chi connectivity index (χ3n) is 1.26. The van der Waals surface area contributed by atoms with Crippen LogP contribution in [0.25, 0.3) is 0 Å². The highest BCUT2D eigenvalue weighted by atomic mass is 32.2. The molecule has 0 aromatic carbocycles. The largest absolute Gasteiger partial charge is 0.350 e. The molecule has 0 heterocycles. The smallest absolute Gasteiger partial charge is 0.244 e. The summed E-state index contributed by atoms with van der Waals surface area (Å²) < 4.78 is 0. The van der Waals surface area contributed by atoms with Crippen molar-refractivity contribution in [3.63, 3.8) is 0 Å². The minimum absolute atomic E-state index is 0.0126. The fraction of sp³-hybridized carbons (Fsp3) is 0.727. The number of thioether (sulfide) groups is 1. The predicted molar refractivity (Wildman–Crippen MR) is 64.3 cm³/mol. The van der Waals surface area contributed by atoms with E-state index in [1.807, 2.05) is 19.3 Å². The molecule has 0 saturated heterocycles. The van der Waals surface area contributed by atoms with E-state index < -0.39 is 0 Å². The molecule has 0 aliphatic rings. The van der Waals surface area contributed by atoms with Crippen molar-refractivity contribution in [2.75, 3.05) is 5.75 Å². The highest BCUT2D eigenvalue weighted by molar-refractivity contribution is 8.02. The third kappa shape index (κ3) is 9.65. The second-order valence-corrected chi connectivity index (χ2v) is 5.73. The van der Waals surface area contributed by atoms with Gasteiger partial charge in [-0.1, -0.05) is 20.8 Å². The number of carbonyl (C=O) groups is 1. The van der Waals surface area contributed by atoms with Crippen LogP contribution < -0.4 is 5.32 Å². The zero-order chi connectivity index (χ0) is 11.2. The number of rotatable bonds is 4. The fourth-order valence-corrected chi connectivity index (χ4v) is 1.56. The van der Waals surface area contributed by atoms with Crippen LogP contribution >= 0.6 is 11.8 Å². The lowest BCUT2D eigenvalue weighted by atomic mass is 10.0. The van der Waals surface area contributed by atoms with Gasteiger partial charge in [-0.25, -0.2) is 0 Å². The van der Waals surface area contributed by atoms with Crippen LogP contribution in [0, 0.1) is 5.41 Å². The fourth-order valence-electron chi connectivity index (χ4n) is 0.741. The topological polar surface area (TPSA) is 29.1 Å². The first-order valence-electron chi connectivity index (χ1n) is 4.90. The van der Waals surface area contributed by atoms with E-state index in [-0.39, 0.29) is 11.9 Å². The van der Waals surface area contributed by atoms with Crippen LogP contribution in [0.3, 0.4) is 0 Å². The number of nitrogens with one attached hydrogen (secondary N) is 1. The summed E-state index contributed by atoms with van der Waals surface area (Å²) in [7, 11) is 0. The van der Waals surface area contributed by atoms with Gasteiger partial charge in [-0.15, -0.1) is 11.8 Å². The van der Waals surface area contributed by atoms with E-state index in [4.69, 9.17) is 0 Å². The first-order valence-corrected chi connectivity index (χ1v) is 5.95. The SMILES string of the molecule is CC(C)NC(=O)C=CSCC(C)(C)C. The van der Waals surface area contributed by atoms with Crippen molar-refractivity contribution in [1.29, 1.82) is 0 Å². The Labute approximate surface area is 91.5 Å². The first-order chi connectivity index (χ1) is 6.31. The highest BCUT2D eigenvalue weighted by Crippen LogP contribution is 2.20. The highest BCUT2D eigenvalue weighted by Gasteiger charge is 2.08. The number of amides is 1. The van der Waals surface area contributed by atoms with E-state index in [0.29, 0.717) is 5.41 Å². The van der Waals surface area contributed by atoms with Crippen molar-refractivity contribution < 1.29 is 4.79 Å². The summed E-state index contributed by atoms with van der Waals surface area (Å²) in [5.74, 6) is 1.01. The lowest BCUT2D eigenvalue weighted by Gasteiger charge is -2.15. The first kappa shape index (κ1) is 13.6. The van der Waals surface area contributed by atoms with Crippen LogP contribution in [-0.4, -0.2) is 17.7 Å². The molecule has 0 fully saturated rings. The Morgan fingerprint density at radius 1 is 1.43 bits per heavy atom. The van der Waals surface area contributed by atoms with Crippen molar-refractivity contribution in [2.45, 2.75) is 40.7 Å². The average molecular weight is 215 g/mol. The van der Waals surface area contributed by atoms with Gasteiger partial charge in [0.25, 0.3) is 0 Å². The minimum Gasteiger partial charge on any atom is -0.350 e. The molecule has 1 N–H and O–H groups in total. The number of carbonyl (C=O) groups excluding carboxylic acids is 1. The Kier molecular flexibility index (Phi) is 5.93. The second kappa shape index (κ2) is 6.12. The van der Waals surface area contributed by atoms with Crippen molar-refractivity contribution in [3.8, 4) is 0 Å². The van der Waals surface area contributed by atoms with E-state index in [0.717, 1.165) is 5.75 Å². The minimum atomic E-state index is -0.0126. The molecule has 0 aliphatic carbocycles. The Balaban J connectivity index is 3.68. The maximum atomic E-state index is 11.2. The molecule has 0 aromatic rings. The monoisotopic (exact) mass is 215 g/mol. The lowest BCUT2D eigenvalue weighted by Crippen LogP contribution is -2.28. The van der Waals surface area contributed by atoms with Crippen LogP contribution in [0.5, 0.6) is 0 Å². The van der Waals surface area contributed by atoms with E-state index in [1.54, 1.807) is 17.8 Å². The van der Waals surface area contributed by atoms with Gasteiger partial charge in [-0.3, -0.25) is 4.79 Å². The van der Waals surface area contributed by atoms with Crippen molar-refractivity contribution in [1.82, 2.24) is 5.32 Å². The zero-order valence-electron chi connectivity index (χ0n) is 9.76. The molecule has 0 saturated carbocycles. The number of hydrogen-bond donors (Lipinski definition) is 1. The molecule has 0 bridgehead atoms. The van der Waals surface area contributed by atoms with Gasteiger partial charge < -0.3 is 5.32 Å². The van der Waals surface area contributed by atoms with Crippen LogP contribution in [0.15, 0.2) is 11.5 Å². The summed E-state index contributed by atoms with van der Waals surface area (Å²) in [6.07, 6.45) is 1.59. The molecular formula is C11H21NOS. The van der Waals surface area contributed by atoms with Gasteiger partial charge in [-0.05, 0) is 24.7 Å². The summed E-state index contributed by atoms with van der Waals surface area (Å²) in [5, 5.41) is 4.67. The Bertz CT molecular complexity index is 204. The normalized spacial score (nSPS) is 12.4. The second-order valence-electron chi connectivity index (χ2n) is 4.84. The van der Waals surface area contributed by atoms with Crippen LogP contribution in [0.2, 0.25) is 0 Å². The van der Waals surface area contributed by atoms with Crippen molar-refractivity contribution in [3.05, 3.63) is 11.5 Å². The van der Waals surface area contributed by atoms with Crippen molar-refractivity contribution >= 4 is 17.7 Å². The van der Waals surface area contributed by atoms with Gasteiger partial charge in [0.15, 0.2) is 0 Å². The maximum absolute atomic E-state index is 11.2. The van der Waals surface area contributed by atoms with Crippen molar-refractivity contribution in [2.24, 2.45) is 5.41 Å². The molecule has 0 atom stereocenters. The van der Waals surface area contributed by atoms with Gasteiger partial charge in [0.05, 0.1) is 0 Å². The van der Waals surface area contributed by atoms with Crippen LogP contribution in [0.1, 0.15) is 34.6 Å². The zero-order valence-corrected chi connectivity index (χ0v) is 10.6. The van der Waals surface area contributed by atoms with Crippen LogP contribution in [-0.2, 0) is 4.79 Å². The molecule has 1 amide bonds. The van der Waals surface area contributed by atoms with E-state index in [1.165, 1.54) is 0 Å². The van der Waals surface area contributed by atoms with E-state index >= 15 is 0 Å². The lowest BCUT2D eigenvalue weighted by molar-refractivity contribution is -0.116. The predicted octanol–water partition coefficient (Wildman–Crippen LogP) is 2.80. The third-order valence-corrected chi connectivity index (χ3v) is 2.62. The standard InChI is InChI=1S/C11H21NOS/c1-9(2)12-10(13)6-7-14-8-11(3,4)5/h6-7,9H,8H2,1-5H3,(H,12,13). The Hall–Kier alpha value is -0.440. The molecule has 2 nitrogen and oxygen atoms in total. The van der Waals surface area contributed by atoms with Gasteiger partial charge in [-0.2, -0.15) is 0 Å². The molecule has 0 spiro atoms. The number of hydrogen-bond acceptors (Lipinski definition) is 2. The van der Waals surface area contributed by atoms with Gasteiger partial charge in [0.2, 0.25) is 5.91 Å². The Morgan fingerprint density at radius 3 is 2.43 bits per heavy atom. The molecular weight excluding hydrogens is 194 g/mol. The van der Waals surface area contributed by atoms with Gasteiger partial charge in [0.1, 0.15) is 0 Å². The van der Waals surface area contributed by atoms with Gasteiger partial charge in [0, 0.05) is 17.9 Å².